The van der Waals surface area contributed by atoms with E-state index in [4.69, 9.17) is 0 Å². The highest BCUT2D eigenvalue weighted by atomic mass is 32.1. The molecule has 1 fully saturated rings. The Morgan fingerprint density at radius 2 is 0.917 bits per heavy atom. The van der Waals surface area contributed by atoms with E-state index in [0.717, 1.165) is 6.42 Å². The summed E-state index contributed by atoms with van der Waals surface area (Å²) in [7, 11) is 0. The van der Waals surface area contributed by atoms with Crippen LogP contribution in [0.2, 0.25) is 0 Å². The smallest absolute Gasteiger partial charge is 0.264 e. The van der Waals surface area contributed by atoms with Crippen LogP contribution >= 0.6 is 11.3 Å². The van der Waals surface area contributed by atoms with Crippen molar-refractivity contribution >= 4 is 89.3 Å². The van der Waals surface area contributed by atoms with Gasteiger partial charge in [0.1, 0.15) is 0 Å². The molecule has 0 radical (unpaired) electrons. The second-order valence-corrected chi connectivity index (χ2v) is 35.7. The molecule has 4 heterocycles. The Balaban J connectivity index is 1.16. The molecule has 1 aromatic heterocycles. The van der Waals surface area contributed by atoms with Crippen molar-refractivity contribution < 1.29 is 0 Å². The Morgan fingerprint density at radius 1 is 0.417 bits per heavy atom. The first kappa shape index (κ1) is 56.5. The average Bonchev–Trinajstić information content (AvgIpc) is 1.64. The largest absolute Gasteiger partial charge is 0.334 e. The van der Waals surface area contributed by atoms with E-state index in [1.54, 1.807) is 5.56 Å². The fraction of sp³-hybridized carbons (Fsp3) is 0.519. The SMILES string of the molecule is Cc1cc2c(cc1N1c3ccc(C(C)(C)C)cc3B3c4sc5cc6c(cc5c4N(c4ccc5c(c4)C(C)(C)CCC5(C)C)c4cc(N5c7ccc(C(C)(C)C)cc7C7(C)CCCCC57C)cc1c43)C(C)(C)CCC6(C)C)C(C)(C)CCC2(C)C. The highest BCUT2D eigenvalue weighted by Crippen LogP contribution is 2.63. The summed E-state index contributed by atoms with van der Waals surface area (Å²) in [5.74, 6) is 0. The third-order valence-electron chi connectivity index (χ3n) is 24.2. The molecule has 0 bridgehead atoms. The van der Waals surface area contributed by atoms with Crippen LogP contribution in [-0.2, 0) is 48.7 Å². The van der Waals surface area contributed by atoms with Gasteiger partial charge in [0.05, 0.1) is 11.2 Å². The normalized spacial score (nSPS) is 24.3. The zero-order valence-corrected chi connectivity index (χ0v) is 56.4. The summed E-state index contributed by atoms with van der Waals surface area (Å²) in [6, 6.07) is 39.3. The minimum Gasteiger partial charge on any atom is -0.334 e. The molecule has 2 atom stereocenters. The Bertz CT molecular complexity index is 3970. The van der Waals surface area contributed by atoms with E-state index in [1.807, 2.05) is 0 Å². The Hall–Kier alpha value is -5.26. The van der Waals surface area contributed by atoms with Crippen LogP contribution in [0.4, 0.5) is 45.5 Å². The van der Waals surface area contributed by atoms with Crippen LogP contribution in [0, 0.1) is 6.92 Å². The molecule has 4 aliphatic carbocycles. The molecule has 3 aliphatic heterocycles. The minimum absolute atomic E-state index is 0.0105. The summed E-state index contributed by atoms with van der Waals surface area (Å²) in [4.78, 5) is 8.55. The van der Waals surface area contributed by atoms with Gasteiger partial charge in [-0.25, -0.2) is 0 Å². The van der Waals surface area contributed by atoms with Gasteiger partial charge in [0.25, 0.3) is 6.71 Å². The van der Waals surface area contributed by atoms with Crippen LogP contribution in [0.5, 0.6) is 0 Å². The first-order chi connectivity index (χ1) is 39.0. The number of rotatable bonds is 3. The molecule has 0 spiro atoms. The van der Waals surface area contributed by atoms with Gasteiger partial charge in [-0.2, -0.15) is 0 Å². The van der Waals surface area contributed by atoms with Crippen molar-refractivity contribution in [3.05, 3.63) is 147 Å². The van der Waals surface area contributed by atoms with Gasteiger partial charge in [0, 0.05) is 60.1 Å². The van der Waals surface area contributed by atoms with Crippen LogP contribution in [0.25, 0.3) is 10.1 Å². The van der Waals surface area contributed by atoms with E-state index in [-0.39, 0.29) is 61.0 Å². The summed E-state index contributed by atoms with van der Waals surface area (Å²) in [5.41, 5.74) is 28.6. The van der Waals surface area contributed by atoms with Crippen molar-refractivity contribution in [2.75, 3.05) is 14.7 Å². The monoisotopic (exact) mass is 1130 g/mol. The highest BCUT2D eigenvalue weighted by molar-refractivity contribution is 7.33. The van der Waals surface area contributed by atoms with Crippen molar-refractivity contribution in [1.29, 1.82) is 0 Å². The molecule has 0 saturated heterocycles. The van der Waals surface area contributed by atoms with Crippen molar-refractivity contribution in [3.8, 4) is 0 Å². The Morgan fingerprint density at radius 3 is 1.51 bits per heavy atom. The number of anilines is 8. The molecule has 84 heavy (non-hydrogen) atoms. The fourth-order valence-corrected chi connectivity index (χ4v) is 19.3. The molecule has 1 saturated carbocycles. The maximum absolute atomic E-state index is 2.90. The van der Waals surface area contributed by atoms with Crippen molar-refractivity contribution in [2.45, 2.75) is 264 Å². The van der Waals surface area contributed by atoms with Crippen molar-refractivity contribution in [3.63, 3.8) is 0 Å². The first-order valence-corrected chi connectivity index (χ1v) is 33.6. The predicted molar refractivity (Wildman–Crippen MR) is 367 cm³/mol. The molecule has 5 heteroatoms. The van der Waals surface area contributed by atoms with Gasteiger partial charge in [-0.3, -0.25) is 0 Å². The molecule has 0 amide bonds. The number of aryl methyl sites for hydroxylation is 1. The number of hydrogen-bond donors (Lipinski definition) is 0. The molecule has 3 nitrogen and oxygen atoms in total. The zero-order valence-electron chi connectivity index (χ0n) is 55.6. The Kier molecular flexibility index (Phi) is 11.8. The second kappa shape index (κ2) is 17.5. The lowest BCUT2D eigenvalue weighted by atomic mass is 9.36. The van der Waals surface area contributed by atoms with Gasteiger partial charge >= 0.3 is 0 Å². The van der Waals surface area contributed by atoms with Crippen LogP contribution in [0.15, 0.2) is 91.0 Å². The van der Waals surface area contributed by atoms with Gasteiger partial charge in [-0.1, -0.05) is 181 Å². The standard InChI is InChI=1S/C79H98BN3S/c1-47-38-54-57(76(16,17)36-34-73(54,10)11)45-63(47)82-62-29-25-49(71(5,6)7)40-60(62)80-67-64(42-51(43-65(67)82)83-61-28-24-48(70(2,3)4)39-59(61)78(20)30-22-23-31-79(78,83)21)81(50-26-27-53-55(41-50)74(12,13)33-32-72(53,8)9)68-52-44-56-58(46-66(52)84-69(68)80)77(18,19)37-35-75(56,14)15/h24-29,38-46H,22-23,30-37H2,1-21H3. The molecular formula is C79H98BN3S. The van der Waals surface area contributed by atoms with E-state index in [9.17, 15) is 0 Å². The van der Waals surface area contributed by atoms with Gasteiger partial charge in [0.2, 0.25) is 0 Å². The molecule has 2 unspecified atom stereocenters. The zero-order chi connectivity index (χ0) is 60.0. The quantitative estimate of drug-likeness (QED) is 0.163. The summed E-state index contributed by atoms with van der Waals surface area (Å²) < 4.78 is 2.90. The predicted octanol–water partition coefficient (Wildman–Crippen LogP) is 20.7. The lowest BCUT2D eigenvalue weighted by molar-refractivity contribution is 0.195. The molecule has 7 aliphatic rings. The van der Waals surface area contributed by atoms with Crippen LogP contribution in [0.1, 0.15) is 258 Å². The molecule has 0 N–H and O–H groups in total. The van der Waals surface area contributed by atoms with Gasteiger partial charge in [-0.15, -0.1) is 11.3 Å². The molecular weight excluding hydrogens is 1030 g/mol. The lowest BCUT2D eigenvalue weighted by Gasteiger charge is -2.51. The molecule has 14 rings (SSSR count). The van der Waals surface area contributed by atoms with E-state index >= 15 is 0 Å². The fourth-order valence-electron chi connectivity index (χ4n) is 17.9. The third kappa shape index (κ3) is 7.86. The van der Waals surface area contributed by atoms with Crippen LogP contribution in [-0.4, -0.2) is 12.3 Å². The highest BCUT2D eigenvalue weighted by Gasteiger charge is 2.59. The molecule has 6 aromatic carbocycles. The maximum Gasteiger partial charge on any atom is 0.264 e. The van der Waals surface area contributed by atoms with Gasteiger partial charge < -0.3 is 14.7 Å². The molecule has 438 valence electrons. The van der Waals surface area contributed by atoms with Gasteiger partial charge in [0.15, 0.2) is 0 Å². The van der Waals surface area contributed by atoms with Crippen LogP contribution in [0.3, 0.4) is 0 Å². The van der Waals surface area contributed by atoms with Gasteiger partial charge in [-0.05, 0) is 230 Å². The van der Waals surface area contributed by atoms with Crippen molar-refractivity contribution in [2.24, 2.45) is 0 Å². The topological polar surface area (TPSA) is 9.72 Å². The van der Waals surface area contributed by atoms with Crippen molar-refractivity contribution in [1.82, 2.24) is 0 Å². The third-order valence-corrected chi connectivity index (χ3v) is 25.4. The Labute approximate surface area is 511 Å². The maximum atomic E-state index is 2.90. The average molecular weight is 1130 g/mol. The second-order valence-electron chi connectivity index (χ2n) is 34.6. The first-order valence-electron chi connectivity index (χ1n) is 32.8. The number of fused-ring (bicyclic) bond motifs is 12. The number of nitrogens with zero attached hydrogens (tertiary/aromatic N) is 3. The van der Waals surface area contributed by atoms with E-state index < -0.39 is 0 Å². The van der Waals surface area contributed by atoms with E-state index in [0.29, 0.717) is 0 Å². The number of thiophene rings is 1. The number of hydrogen-bond acceptors (Lipinski definition) is 4. The summed E-state index contributed by atoms with van der Waals surface area (Å²) in [6.45, 7) is 52.2. The summed E-state index contributed by atoms with van der Waals surface area (Å²) in [5, 5.41) is 1.41. The van der Waals surface area contributed by atoms with E-state index in [2.05, 4.69) is 262 Å². The summed E-state index contributed by atoms with van der Waals surface area (Å²) >= 11 is 2.10. The summed E-state index contributed by atoms with van der Waals surface area (Å²) in [6.07, 6.45) is 11.9. The van der Waals surface area contributed by atoms with Crippen LogP contribution < -0.4 is 30.4 Å². The minimum atomic E-state index is -0.153. The van der Waals surface area contributed by atoms with E-state index in [1.165, 1.54) is 179 Å². The molecule has 7 aromatic rings. The number of benzene rings is 6. The lowest BCUT2D eigenvalue weighted by Crippen LogP contribution is -2.61.